The number of ether oxygens (including phenoxy) is 2. The van der Waals surface area contributed by atoms with E-state index in [1.807, 2.05) is 11.8 Å². The summed E-state index contributed by atoms with van der Waals surface area (Å²) in [7, 11) is 0. The summed E-state index contributed by atoms with van der Waals surface area (Å²) in [6, 6.07) is 0.934. The van der Waals surface area contributed by atoms with Crippen molar-refractivity contribution in [3.05, 3.63) is 0 Å². The highest BCUT2D eigenvalue weighted by molar-refractivity contribution is 5.82. The Hall–Kier alpha value is -1.38. The second-order valence-electron chi connectivity index (χ2n) is 10.2. The molecule has 5 atom stereocenters. The molecule has 8 nitrogen and oxygen atoms in total. The molecule has 8 heteroatoms. The van der Waals surface area contributed by atoms with Gasteiger partial charge in [-0.1, -0.05) is 6.92 Å². The van der Waals surface area contributed by atoms with Gasteiger partial charge in [0.2, 0.25) is 0 Å². The lowest BCUT2D eigenvalue weighted by molar-refractivity contribution is -0.150. The Morgan fingerprint density at radius 2 is 2.00 bits per heavy atom. The number of hydrogen-bond donors (Lipinski definition) is 1. The molecule has 2 aliphatic heterocycles. The van der Waals surface area contributed by atoms with Gasteiger partial charge in [0.15, 0.2) is 6.10 Å². The van der Waals surface area contributed by atoms with Gasteiger partial charge < -0.3 is 24.4 Å². The maximum Gasteiger partial charge on any atom is 0.407 e. The number of morpholine rings is 1. The number of amides is 2. The minimum Gasteiger partial charge on any atom is -0.465 e. The lowest BCUT2D eigenvalue weighted by atomic mass is 9.75. The number of carboxylic acid groups (broad SMARTS) is 1. The van der Waals surface area contributed by atoms with Crippen molar-refractivity contribution in [2.75, 3.05) is 52.5 Å². The van der Waals surface area contributed by atoms with Gasteiger partial charge in [-0.15, -0.1) is 0 Å². The second-order valence-corrected chi connectivity index (χ2v) is 10.2. The van der Waals surface area contributed by atoms with Crippen LogP contribution in [-0.4, -0.2) is 103 Å². The number of carbonyl (C=O) groups is 2. The van der Waals surface area contributed by atoms with Crippen molar-refractivity contribution in [2.45, 2.75) is 70.6 Å². The molecule has 2 aliphatic carbocycles. The Bertz CT molecular complexity index is 658. The Balaban J connectivity index is 1.34. The van der Waals surface area contributed by atoms with Crippen LogP contribution in [0.1, 0.15) is 52.4 Å². The predicted molar refractivity (Wildman–Crippen MR) is 121 cm³/mol. The highest BCUT2D eigenvalue weighted by atomic mass is 16.5. The van der Waals surface area contributed by atoms with E-state index in [0.29, 0.717) is 31.2 Å². The van der Waals surface area contributed by atoms with Gasteiger partial charge in [0.1, 0.15) is 0 Å². The maximum atomic E-state index is 13.3. The number of likely N-dealkylation sites (tertiary alicyclic amines) is 1. The van der Waals surface area contributed by atoms with E-state index in [4.69, 9.17) is 9.47 Å². The van der Waals surface area contributed by atoms with Gasteiger partial charge >= 0.3 is 6.09 Å². The third kappa shape index (κ3) is 5.57. The average Bonchev–Trinajstić information content (AvgIpc) is 3.59. The minimum absolute atomic E-state index is 0.00562. The number of rotatable bonds is 9. The van der Waals surface area contributed by atoms with Crippen molar-refractivity contribution in [1.29, 1.82) is 0 Å². The maximum absolute atomic E-state index is 13.3. The molecule has 2 saturated heterocycles. The van der Waals surface area contributed by atoms with Gasteiger partial charge in [0.05, 0.1) is 13.2 Å². The highest BCUT2D eigenvalue weighted by Gasteiger charge is 2.45. The standard InChI is InChI=1S/C24H41N3O5/c1-3-31-11-4-9-25-14-17(2)20-8-5-18(13-21(20)25)15-27(19-6-7-19)23(28)22-16-26(24(29)30)10-12-32-22/h17-22H,3-16H2,1-2H3,(H,29,30). The van der Waals surface area contributed by atoms with E-state index in [9.17, 15) is 14.7 Å². The summed E-state index contributed by atoms with van der Waals surface area (Å²) < 4.78 is 11.3. The summed E-state index contributed by atoms with van der Waals surface area (Å²) in [4.78, 5) is 30.7. The van der Waals surface area contributed by atoms with Crippen molar-refractivity contribution >= 4 is 12.0 Å². The topological polar surface area (TPSA) is 82.6 Å². The molecule has 0 spiro atoms. The molecule has 4 fully saturated rings. The lowest BCUT2D eigenvalue weighted by Gasteiger charge is -2.40. The van der Waals surface area contributed by atoms with Crippen molar-refractivity contribution < 1.29 is 24.2 Å². The van der Waals surface area contributed by atoms with Crippen LogP contribution in [0.2, 0.25) is 0 Å². The SMILES string of the molecule is CCOCCCN1CC(C)C2CCC(CN(C(=O)C3CN(C(=O)O)CCO3)C3CC3)CC21. The fourth-order valence-electron chi connectivity index (χ4n) is 6.16. The van der Waals surface area contributed by atoms with Crippen LogP contribution >= 0.6 is 0 Å². The van der Waals surface area contributed by atoms with Gasteiger partial charge in [-0.2, -0.15) is 0 Å². The van der Waals surface area contributed by atoms with Crippen molar-refractivity contribution in [3.63, 3.8) is 0 Å². The van der Waals surface area contributed by atoms with Crippen LogP contribution in [0.3, 0.4) is 0 Å². The van der Waals surface area contributed by atoms with Crippen LogP contribution < -0.4 is 0 Å². The summed E-state index contributed by atoms with van der Waals surface area (Å²) in [5.41, 5.74) is 0. The van der Waals surface area contributed by atoms with Crippen LogP contribution in [0.15, 0.2) is 0 Å². The first-order chi connectivity index (χ1) is 15.5. The predicted octanol–water partition coefficient (Wildman–Crippen LogP) is 2.52. The number of carbonyl (C=O) groups excluding carboxylic acids is 1. The molecule has 4 rings (SSSR count). The van der Waals surface area contributed by atoms with Gasteiger partial charge in [0, 0.05) is 51.5 Å². The van der Waals surface area contributed by atoms with Gasteiger partial charge in [-0.05, 0) is 63.2 Å². The van der Waals surface area contributed by atoms with Crippen molar-refractivity contribution in [2.24, 2.45) is 17.8 Å². The fraction of sp³-hybridized carbons (Fsp3) is 0.917. The van der Waals surface area contributed by atoms with E-state index in [2.05, 4.69) is 11.8 Å². The normalized spacial score (nSPS) is 33.2. The molecule has 0 aromatic heterocycles. The zero-order valence-corrected chi connectivity index (χ0v) is 19.8. The van der Waals surface area contributed by atoms with E-state index in [1.165, 1.54) is 24.3 Å². The fourth-order valence-corrected chi connectivity index (χ4v) is 6.16. The smallest absolute Gasteiger partial charge is 0.407 e. The molecule has 2 amide bonds. The molecule has 4 aliphatic rings. The average molecular weight is 452 g/mol. The second kappa shape index (κ2) is 10.7. The molecule has 2 saturated carbocycles. The van der Waals surface area contributed by atoms with Crippen LogP contribution in [0.5, 0.6) is 0 Å². The number of hydrogen-bond acceptors (Lipinski definition) is 5. The molecule has 2 heterocycles. The van der Waals surface area contributed by atoms with Crippen LogP contribution in [0, 0.1) is 17.8 Å². The Kier molecular flexibility index (Phi) is 7.95. The molecular weight excluding hydrogens is 410 g/mol. The third-order valence-electron chi connectivity index (χ3n) is 7.98. The van der Waals surface area contributed by atoms with Crippen molar-refractivity contribution in [1.82, 2.24) is 14.7 Å². The lowest BCUT2D eigenvalue weighted by Crippen LogP contribution is -2.54. The molecule has 0 bridgehead atoms. The largest absolute Gasteiger partial charge is 0.465 e. The van der Waals surface area contributed by atoms with Gasteiger partial charge in [-0.25, -0.2) is 4.79 Å². The van der Waals surface area contributed by atoms with E-state index in [0.717, 1.165) is 63.8 Å². The monoisotopic (exact) mass is 451 g/mol. The summed E-state index contributed by atoms with van der Waals surface area (Å²) in [6.45, 7) is 9.92. The highest BCUT2D eigenvalue weighted by Crippen LogP contribution is 2.43. The summed E-state index contributed by atoms with van der Waals surface area (Å²) in [6.07, 6.45) is 5.16. The van der Waals surface area contributed by atoms with E-state index < -0.39 is 12.2 Å². The Morgan fingerprint density at radius 1 is 1.19 bits per heavy atom. The number of nitrogens with zero attached hydrogens (tertiary/aromatic N) is 3. The molecular formula is C24H41N3O5. The first-order valence-electron chi connectivity index (χ1n) is 12.7. The van der Waals surface area contributed by atoms with Crippen LogP contribution in [0.4, 0.5) is 4.79 Å². The van der Waals surface area contributed by atoms with Gasteiger partial charge in [-0.3, -0.25) is 9.69 Å². The van der Waals surface area contributed by atoms with E-state index in [1.54, 1.807) is 0 Å². The van der Waals surface area contributed by atoms with Crippen LogP contribution in [-0.2, 0) is 14.3 Å². The van der Waals surface area contributed by atoms with E-state index in [-0.39, 0.29) is 12.5 Å². The first kappa shape index (κ1) is 23.8. The van der Waals surface area contributed by atoms with Crippen molar-refractivity contribution in [3.8, 4) is 0 Å². The minimum atomic E-state index is -0.970. The molecule has 0 aromatic rings. The molecule has 0 radical (unpaired) electrons. The van der Waals surface area contributed by atoms with E-state index >= 15 is 0 Å². The molecule has 32 heavy (non-hydrogen) atoms. The van der Waals surface area contributed by atoms with Crippen LogP contribution in [0.25, 0.3) is 0 Å². The molecule has 0 aromatic carbocycles. The first-order valence-corrected chi connectivity index (χ1v) is 12.7. The summed E-state index contributed by atoms with van der Waals surface area (Å²) >= 11 is 0. The molecule has 5 unspecified atom stereocenters. The molecule has 1 N–H and O–H groups in total. The zero-order chi connectivity index (χ0) is 22.7. The Labute approximate surface area is 192 Å². The third-order valence-corrected chi connectivity index (χ3v) is 7.98. The molecule has 182 valence electrons. The Morgan fingerprint density at radius 3 is 2.72 bits per heavy atom. The number of fused-ring (bicyclic) bond motifs is 1. The zero-order valence-electron chi connectivity index (χ0n) is 19.8. The van der Waals surface area contributed by atoms with Gasteiger partial charge in [0.25, 0.3) is 5.91 Å². The summed E-state index contributed by atoms with van der Waals surface area (Å²) in [5.74, 6) is 2.02. The summed E-state index contributed by atoms with van der Waals surface area (Å²) in [5, 5.41) is 9.32. The quantitative estimate of drug-likeness (QED) is 0.543.